The van der Waals surface area contributed by atoms with Gasteiger partial charge < -0.3 is 0 Å². The van der Waals surface area contributed by atoms with Gasteiger partial charge in [0.25, 0.3) is 0 Å². The first-order valence-electron chi connectivity index (χ1n) is 9.39. The van der Waals surface area contributed by atoms with Gasteiger partial charge in [-0.05, 0) is 34.9 Å². The molecule has 31 heavy (non-hydrogen) atoms. The molecule has 0 unspecified atom stereocenters. The Morgan fingerprint density at radius 1 is 0.710 bits per heavy atom. The highest BCUT2D eigenvalue weighted by atomic mass is 19.1. The number of nitrogens with zero attached hydrogens (tertiary/aromatic N) is 2. The van der Waals surface area contributed by atoms with Gasteiger partial charge in [-0.15, -0.1) is 0 Å². The summed E-state index contributed by atoms with van der Waals surface area (Å²) in [5.41, 5.74) is 2.33. The van der Waals surface area contributed by atoms with Crippen molar-refractivity contribution in [1.29, 1.82) is 0 Å². The summed E-state index contributed by atoms with van der Waals surface area (Å²) < 4.78 is 55.2. The topological polar surface area (TPSA) is 25.8 Å². The third kappa shape index (κ3) is 4.10. The summed E-state index contributed by atoms with van der Waals surface area (Å²) in [5.74, 6) is -2.17. The predicted molar refractivity (Wildman–Crippen MR) is 113 cm³/mol. The van der Waals surface area contributed by atoms with E-state index in [-0.39, 0.29) is 11.1 Å². The minimum absolute atomic E-state index is 0.00622. The van der Waals surface area contributed by atoms with Crippen LogP contribution in [0.4, 0.5) is 17.6 Å². The molecule has 1 aromatic heterocycles. The molecule has 2 nitrogen and oxygen atoms in total. The van der Waals surface area contributed by atoms with Crippen LogP contribution in [-0.4, -0.2) is 9.97 Å². The Labute approximate surface area is 176 Å². The van der Waals surface area contributed by atoms with Crippen molar-refractivity contribution >= 4 is 6.08 Å². The summed E-state index contributed by atoms with van der Waals surface area (Å²) in [4.78, 5) is 8.56. The summed E-state index contributed by atoms with van der Waals surface area (Å²) in [5, 5.41) is 0. The van der Waals surface area contributed by atoms with Crippen molar-refractivity contribution < 1.29 is 17.6 Å². The van der Waals surface area contributed by atoms with Gasteiger partial charge in [0.05, 0.1) is 5.56 Å². The summed E-state index contributed by atoms with van der Waals surface area (Å²) in [7, 11) is 0. The van der Waals surface area contributed by atoms with Crippen LogP contribution in [0.2, 0.25) is 0 Å². The summed E-state index contributed by atoms with van der Waals surface area (Å²) in [6.45, 7) is 2.40. The fourth-order valence-corrected chi connectivity index (χ4v) is 3.22. The average molecular weight is 420 g/mol. The van der Waals surface area contributed by atoms with E-state index in [0.717, 1.165) is 28.8 Å². The van der Waals surface area contributed by atoms with Gasteiger partial charge in [0, 0.05) is 29.1 Å². The van der Waals surface area contributed by atoms with Gasteiger partial charge in [-0.2, -0.15) is 0 Å². The number of rotatable bonds is 5. The lowest BCUT2D eigenvalue weighted by Crippen LogP contribution is -1.95. The summed E-state index contributed by atoms with van der Waals surface area (Å²) >= 11 is 0. The maximum atomic E-state index is 14.7. The molecule has 0 N–H and O–H groups in total. The third-order valence-corrected chi connectivity index (χ3v) is 4.94. The SMILES string of the molecule is C=Cc1cnc(-c2ccc(-c3ccc(-c4cc(F)c(CF)c(F)c4)c(F)c3)cc2)nc1. The first-order valence-corrected chi connectivity index (χ1v) is 9.39. The monoisotopic (exact) mass is 420 g/mol. The molecule has 0 saturated carbocycles. The second-order valence-corrected chi connectivity index (χ2v) is 6.87. The Morgan fingerprint density at radius 2 is 1.26 bits per heavy atom. The van der Waals surface area contributed by atoms with Gasteiger partial charge >= 0.3 is 0 Å². The molecule has 0 fully saturated rings. The van der Waals surface area contributed by atoms with E-state index in [2.05, 4.69) is 16.5 Å². The molecule has 0 aliphatic heterocycles. The zero-order valence-electron chi connectivity index (χ0n) is 16.2. The first kappa shape index (κ1) is 20.5. The number of hydrogen-bond acceptors (Lipinski definition) is 2. The molecule has 6 heteroatoms. The molecule has 0 aliphatic carbocycles. The Balaban J connectivity index is 1.63. The van der Waals surface area contributed by atoms with Crippen LogP contribution in [0.3, 0.4) is 0 Å². The largest absolute Gasteiger partial charge is 0.246 e. The molecule has 3 aromatic carbocycles. The van der Waals surface area contributed by atoms with Crippen LogP contribution in [0.25, 0.3) is 39.7 Å². The molecule has 1 heterocycles. The molecule has 0 aliphatic rings. The molecular formula is C25H16F4N2. The lowest BCUT2D eigenvalue weighted by atomic mass is 9.98. The van der Waals surface area contributed by atoms with Crippen molar-refractivity contribution in [2.45, 2.75) is 6.67 Å². The van der Waals surface area contributed by atoms with Crippen LogP contribution in [0.15, 0.2) is 73.6 Å². The molecule has 0 atom stereocenters. The van der Waals surface area contributed by atoms with Crippen LogP contribution in [0, 0.1) is 17.5 Å². The molecule has 0 amide bonds. The van der Waals surface area contributed by atoms with Crippen LogP contribution in [-0.2, 0) is 6.67 Å². The molecule has 0 saturated heterocycles. The minimum Gasteiger partial charge on any atom is -0.246 e. The van der Waals surface area contributed by atoms with Crippen molar-refractivity contribution in [3.8, 4) is 33.6 Å². The highest BCUT2D eigenvalue weighted by Crippen LogP contribution is 2.31. The summed E-state index contributed by atoms with van der Waals surface area (Å²) in [6, 6.07) is 13.5. The highest BCUT2D eigenvalue weighted by Gasteiger charge is 2.15. The van der Waals surface area contributed by atoms with E-state index in [4.69, 9.17) is 0 Å². The maximum Gasteiger partial charge on any atom is 0.159 e. The van der Waals surface area contributed by atoms with Crippen molar-refractivity contribution in [3.05, 3.63) is 102 Å². The fraction of sp³-hybridized carbons (Fsp3) is 0.0400. The Kier molecular flexibility index (Phi) is 5.62. The van der Waals surface area contributed by atoms with E-state index >= 15 is 0 Å². The lowest BCUT2D eigenvalue weighted by Gasteiger charge is -2.10. The predicted octanol–water partition coefficient (Wildman–Crippen LogP) is 7.01. The second kappa shape index (κ2) is 8.52. The molecule has 0 radical (unpaired) electrons. The van der Waals surface area contributed by atoms with Crippen LogP contribution >= 0.6 is 0 Å². The smallest absolute Gasteiger partial charge is 0.159 e. The molecule has 4 aromatic rings. The Bertz CT molecular complexity index is 1230. The van der Waals surface area contributed by atoms with E-state index in [1.165, 1.54) is 12.1 Å². The Morgan fingerprint density at radius 3 is 1.81 bits per heavy atom. The van der Waals surface area contributed by atoms with Gasteiger partial charge in [0.1, 0.15) is 24.1 Å². The molecule has 0 spiro atoms. The van der Waals surface area contributed by atoms with Crippen molar-refractivity contribution in [1.82, 2.24) is 9.97 Å². The van der Waals surface area contributed by atoms with Crippen molar-refractivity contribution in [2.24, 2.45) is 0 Å². The van der Waals surface area contributed by atoms with Gasteiger partial charge in [-0.1, -0.05) is 49.1 Å². The quantitative estimate of drug-likeness (QED) is 0.325. The standard InChI is InChI=1S/C25H16F4N2/c1-2-15-13-30-25(31-14-15)17-5-3-16(4-6-17)18-7-8-20(22(27)9-18)19-10-23(28)21(12-26)24(29)11-19/h2-11,13-14H,1,12H2. The van der Waals surface area contributed by atoms with Gasteiger partial charge in [0.15, 0.2) is 5.82 Å². The number of aromatic nitrogens is 2. The third-order valence-electron chi connectivity index (χ3n) is 4.94. The van der Waals surface area contributed by atoms with Crippen molar-refractivity contribution in [2.75, 3.05) is 0 Å². The van der Waals surface area contributed by atoms with Crippen molar-refractivity contribution in [3.63, 3.8) is 0 Å². The lowest BCUT2D eigenvalue weighted by molar-refractivity contribution is 0.440. The number of halogens is 4. The van der Waals surface area contributed by atoms with E-state index in [1.807, 2.05) is 24.3 Å². The normalized spacial score (nSPS) is 10.8. The zero-order chi connectivity index (χ0) is 22.0. The number of hydrogen-bond donors (Lipinski definition) is 0. The molecule has 154 valence electrons. The van der Waals surface area contributed by atoms with Gasteiger partial charge in [-0.25, -0.2) is 27.5 Å². The number of benzene rings is 3. The van der Waals surface area contributed by atoms with Gasteiger partial charge in [-0.3, -0.25) is 0 Å². The minimum atomic E-state index is -1.27. The molecule has 4 rings (SSSR count). The average Bonchev–Trinajstić information content (AvgIpc) is 2.79. The number of alkyl halides is 1. The van der Waals surface area contributed by atoms with Crippen LogP contribution < -0.4 is 0 Å². The zero-order valence-corrected chi connectivity index (χ0v) is 16.2. The highest BCUT2D eigenvalue weighted by molar-refractivity contribution is 5.73. The Hall–Kier alpha value is -3.80. The molecule has 0 bridgehead atoms. The van der Waals surface area contributed by atoms with Gasteiger partial charge in [0.2, 0.25) is 0 Å². The van der Waals surface area contributed by atoms with Crippen LogP contribution in [0.5, 0.6) is 0 Å². The second-order valence-electron chi connectivity index (χ2n) is 6.87. The van der Waals surface area contributed by atoms with E-state index in [9.17, 15) is 17.6 Å². The van der Waals surface area contributed by atoms with Crippen LogP contribution in [0.1, 0.15) is 11.1 Å². The van der Waals surface area contributed by atoms with E-state index in [0.29, 0.717) is 11.4 Å². The first-order chi connectivity index (χ1) is 15.0. The summed E-state index contributed by atoms with van der Waals surface area (Å²) in [6.07, 6.45) is 5.00. The molecular weight excluding hydrogens is 404 g/mol. The fourth-order valence-electron chi connectivity index (χ4n) is 3.22. The van der Waals surface area contributed by atoms with E-state index < -0.39 is 29.7 Å². The maximum absolute atomic E-state index is 14.7. The van der Waals surface area contributed by atoms with E-state index in [1.54, 1.807) is 24.5 Å².